The van der Waals surface area contributed by atoms with Gasteiger partial charge in [0, 0.05) is 25.1 Å². The van der Waals surface area contributed by atoms with Crippen LogP contribution in [-0.4, -0.2) is 31.3 Å². The minimum atomic E-state index is -0.855. The highest BCUT2D eigenvalue weighted by molar-refractivity contribution is 7.14. The van der Waals surface area contributed by atoms with Crippen molar-refractivity contribution >= 4 is 17.3 Å². The number of thiophene rings is 1. The zero-order chi connectivity index (χ0) is 11.3. The molecule has 0 bridgehead atoms. The fraction of sp³-hybridized carbons (Fsp3) is 0.500. The molecule has 4 nitrogen and oxygen atoms in total. The van der Waals surface area contributed by atoms with E-state index in [4.69, 9.17) is 9.84 Å². The Morgan fingerprint density at radius 3 is 2.93 bits per heavy atom. The second-order valence-corrected chi connectivity index (χ2v) is 4.42. The molecule has 0 aromatic carbocycles. The molecule has 1 heterocycles. The van der Waals surface area contributed by atoms with Crippen LogP contribution in [0.2, 0.25) is 0 Å². The smallest absolute Gasteiger partial charge is 0.345 e. The van der Waals surface area contributed by atoms with Gasteiger partial charge < -0.3 is 15.2 Å². The summed E-state index contributed by atoms with van der Waals surface area (Å²) < 4.78 is 4.90. The number of hydrogen-bond donors (Lipinski definition) is 2. The Kier molecular flexibility index (Phi) is 4.74. The van der Waals surface area contributed by atoms with Gasteiger partial charge in [0.05, 0.1) is 6.61 Å². The largest absolute Gasteiger partial charge is 0.477 e. The summed E-state index contributed by atoms with van der Waals surface area (Å²) in [6.07, 6.45) is 0. The first-order valence-electron chi connectivity index (χ1n) is 4.67. The summed E-state index contributed by atoms with van der Waals surface area (Å²) >= 11 is 1.32. The van der Waals surface area contributed by atoms with Crippen molar-refractivity contribution < 1.29 is 14.6 Å². The van der Waals surface area contributed by atoms with Gasteiger partial charge in [0.1, 0.15) is 4.88 Å². The van der Waals surface area contributed by atoms with Crippen molar-refractivity contribution in [3.05, 3.63) is 21.4 Å². The molecule has 0 aliphatic carbocycles. The number of carbonyl (C=O) groups is 1. The molecule has 0 fully saturated rings. The summed E-state index contributed by atoms with van der Waals surface area (Å²) in [6.45, 7) is 4.06. The molecule has 0 amide bonds. The number of methoxy groups -OCH3 is 1. The van der Waals surface area contributed by atoms with Gasteiger partial charge in [-0.1, -0.05) is 0 Å². The van der Waals surface area contributed by atoms with Crippen LogP contribution in [0.3, 0.4) is 0 Å². The molecule has 0 saturated heterocycles. The van der Waals surface area contributed by atoms with Crippen molar-refractivity contribution in [1.82, 2.24) is 5.32 Å². The molecular weight excluding hydrogens is 214 g/mol. The highest BCUT2D eigenvalue weighted by atomic mass is 32.1. The predicted molar refractivity (Wildman–Crippen MR) is 59.6 cm³/mol. The van der Waals surface area contributed by atoms with Gasteiger partial charge in [-0.2, -0.15) is 0 Å². The molecule has 0 spiro atoms. The minimum Gasteiger partial charge on any atom is -0.477 e. The molecule has 0 saturated carbocycles. The van der Waals surface area contributed by atoms with Crippen molar-refractivity contribution in [2.75, 3.05) is 20.3 Å². The summed E-state index contributed by atoms with van der Waals surface area (Å²) in [5.41, 5.74) is 1.05. The van der Waals surface area contributed by atoms with E-state index in [1.165, 1.54) is 11.3 Å². The SMILES string of the molecule is COCCNCc1cc(C(=O)O)sc1C. The van der Waals surface area contributed by atoms with E-state index in [0.29, 0.717) is 18.0 Å². The number of carboxylic acid groups (broad SMARTS) is 1. The lowest BCUT2D eigenvalue weighted by molar-refractivity contribution is 0.0702. The fourth-order valence-corrected chi connectivity index (χ4v) is 2.08. The third kappa shape index (κ3) is 3.62. The quantitative estimate of drug-likeness (QED) is 0.726. The summed E-state index contributed by atoms with van der Waals surface area (Å²) in [5, 5.41) is 12.0. The fourth-order valence-electron chi connectivity index (χ4n) is 1.20. The normalized spacial score (nSPS) is 10.5. The summed E-state index contributed by atoms with van der Waals surface area (Å²) in [7, 11) is 1.65. The van der Waals surface area contributed by atoms with Crippen LogP contribution in [0.15, 0.2) is 6.07 Å². The Bertz CT molecular complexity index is 335. The number of nitrogens with one attached hydrogen (secondary N) is 1. The maximum atomic E-state index is 10.7. The molecule has 5 heteroatoms. The second-order valence-electron chi connectivity index (χ2n) is 3.17. The molecule has 1 rings (SSSR count). The number of carboxylic acids is 1. The topological polar surface area (TPSA) is 58.6 Å². The van der Waals surface area contributed by atoms with Crippen molar-refractivity contribution in [3.8, 4) is 0 Å². The number of ether oxygens (including phenoxy) is 1. The molecule has 1 aromatic heterocycles. The lowest BCUT2D eigenvalue weighted by Gasteiger charge is -2.02. The number of aryl methyl sites for hydroxylation is 1. The lowest BCUT2D eigenvalue weighted by Crippen LogP contribution is -2.18. The van der Waals surface area contributed by atoms with Crippen molar-refractivity contribution in [2.24, 2.45) is 0 Å². The van der Waals surface area contributed by atoms with Crippen LogP contribution >= 0.6 is 11.3 Å². The van der Waals surface area contributed by atoms with Gasteiger partial charge >= 0.3 is 5.97 Å². The highest BCUT2D eigenvalue weighted by Crippen LogP contribution is 2.21. The Labute approximate surface area is 92.9 Å². The van der Waals surface area contributed by atoms with Gasteiger partial charge in [-0.25, -0.2) is 4.79 Å². The van der Waals surface area contributed by atoms with E-state index in [-0.39, 0.29) is 0 Å². The third-order valence-electron chi connectivity index (χ3n) is 2.03. The van der Waals surface area contributed by atoms with Gasteiger partial charge in [-0.05, 0) is 18.6 Å². The minimum absolute atomic E-state index is 0.399. The van der Waals surface area contributed by atoms with E-state index in [1.807, 2.05) is 6.92 Å². The number of aromatic carboxylic acids is 1. The van der Waals surface area contributed by atoms with Gasteiger partial charge in [0.15, 0.2) is 0 Å². The summed E-state index contributed by atoms with van der Waals surface area (Å²) in [5.74, 6) is -0.855. The number of rotatable bonds is 6. The lowest BCUT2D eigenvalue weighted by atomic mass is 10.2. The van der Waals surface area contributed by atoms with E-state index in [2.05, 4.69) is 5.32 Å². The second kappa shape index (κ2) is 5.85. The first kappa shape index (κ1) is 12.2. The molecule has 2 N–H and O–H groups in total. The maximum Gasteiger partial charge on any atom is 0.345 e. The van der Waals surface area contributed by atoms with Crippen LogP contribution in [0.25, 0.3) is 0 Å². The van der Waals surface area contributed by atoms with E-state index >= 15 is 0 Å². The van der Waals surface area contributed by atoms with Crippen LogP contribution in [-0.2, 0) is 11.3 Å². The van der Waals surface area contributed by atoms with Crippen LogP contribution in [0, 0.1) is 6.92 Å². The zero-order valence-corrected chi connectivity index (χ0v) is 9.69. The highest BCUT2D eigenvalue weighted by Gasteiger charge is 2.10. The summed E-state index contributed by atoms with van der Waals surface area (Å²) in [4.78, 5) is 12.2. The van der Waals surface area contributed by atoms with Crippen LogP contribution in [0.1, 0.15) is 20.1 Å². The monoisotopic (exact) mass is 229 g/mol. The molecule has 15 heavy (non-hydrogen) atoms. The molecule has 0 radical (unpaired) electrons. The van der Waals surface area contributed by atoms with Crippen LogP contribution in [0.4, 0.5) is 0 Å². The van der Waals surface area contributed by atoms with Crippen molar-refractivity contribution in [3.63, 3.8) is 0 Å². The van der Waals surface area contributed by atoms with E-state index < -0.39 is 5.97 Å². The van der Waals surface area contributed by atoms with E-state index in [9.17, 15) is 4.79 Å². The zero-order valence-electron chi connectivity index (χ0n) is 8.87. The molecule has 1 aromatic rings. The first-order valence-corrected chi connectivity index (χ1v) is 5.49. The van der Waals surface area contributed by atoms with Crippen LogP contribution < -0.4 is 5.32 Å². The number of hydrogen-bond acceptors (Lipinski definition) is 4. The molecule has 84 valence electrons. The average Bonchev–Trinajstić information content (AvgIpc) is 2.55. The molecule has 0 atom stereocenters. The van der Waals surface area contributed by atoms with E-state index in [1.54, 1.807) is 13.2 Å². The van der Waals surface area contributed by atoms with Crippen molar-refractivity contribution in [2.45, 2.75) is 13.5 Å². The maximum absolute atomic E-state index is 10.7. The predicted octanol–water partition coefficient (Wildman–Crippen LogP) is 1.49. The van der Waals surface area contributed by atoms with E-state index in [0.717, 1.165) is 17.0 Å². The third-order valence-corrected chi connectivity index (χ3v) is 3.11. The standard InChI is InChI=1S/C10H15NO3S/c1-7-8(6-11-3-4-14-2)5-9(15-7)10(12)13/h5,11H,3-4,6H2,1-2H3,(H,12,13). The molecule has 0 aliphatic heterocycles. The molecule has 0 aliphatic rings. The Balaban J connectivity index is 2.50. The van der Waals surface area contributed by atoms with Gasteiger partial charge in [-0.3, -0.25) is 0 Å². The van der Waals surface area contributed by atoms with Gasteiger partial charge in [0.2, 0.25) is 0 Å². The average molecular weight is 229 g/mol. The molecule has 0 unspecified atom stereocenters. The van der Waals surface area contributed by atoms with Crippen molar-refractivity contribution in [1.29, 1.82) is 0 Å². The Hall–Kier alpha value is -0.910. The van der Waals surface area contributed by atoms with Gasteiger partial charge in [0.25, 0.3) is 0 Å². The molecular formula is C10H15NO3S. The summed E-state index contributed by atoms with van der Waals surface area (Å²) in [6, 6.07) is 1.72. The van der Waals surface area contributed by atoms with Crippen LogP contribution in [0.5, 0.6) is 0 Å². The first-order chi connectivity index (χ1) is 7.15. The Morgan fingerprint density at radius 1 is 1.67 bits per heavy atom. The van der Waals surface area contributed by atoms with Gasteiger partial charge in [-0.15, -0.1) is 11.3 Å². The Morgan fingerprint density at radius 2 is 2.40 bits per heavy atom.